The van der Waals surface area contributed by atoms with Crippen LogP contribution in [0.1, 0.15) is 39.2 Å². The molecule has 0 radical (unpaired) electrons. The number of hydrogen-bond donors (Lipinski definition) is 0. The minimum atomic E-state index is -3.47. The van der Waals surface area contributed by atoms with Gasteiger partial charge in [0.15, 0.2) is 0 Å². The third-order valence-corrected chi connectivity index (χ3v) is 5.18. The highest BCUT2D eigenvalue weighted by molar-refractivity contribution is 7.92. The normalized spacial score (nSPS) is 11.5. The Morgan fingerprint density at radius 1 is 1.23 bits per heavy atom. The Bertz CT molecular complexity index is 579. The number of ether oxygens (including phenoxy) is 1. The molecule has 0 aromatic heterocycles. The first kappa shape index (κ1) is 18.5. The van der Waals surface area contributed by atoms with Gasteiger partial charge in [-0.1, -0.05) is 17.7 Å². The summed E-state index contributed by atoms with van der Waals surface area (Å²) in [5, 5.41) is 0. The maximum Gasteiger partial charge on any atom is 0.305 e. The monoisotopic (exact) mass is 327 g/mol. The lowest BCUT2D eigenvalue weighted by Crippen LogP contribution is -2.38. The summed E-state index contributed by atoms with van der Waals surface area (Å²) < 4.78 is 31.4. The molecular formula is C16H25NO4S. The van der Waals surface area contributed by atoms with E-state index in [1.807, 2.05) is 32.9 Å². The molecule has 5 nitrogen and oxygen atoms in total. The van der Waals surface area contributed by atoms with E-state index in [-0.39, 0.29) is 30.6 Å². The zero-order chi connectivity index (χ0) is 16.8. The third-order valence-electron chi connectivity index (χ3n) is 3.15. The molecule has 0 amide bonds. The molecule has 0 spiro atoms. The summed E-state index contributed by atoms with van der Waals surface area (Å²) in [4.78, 5) is 11.3. The van der Waals surface area contributed by atoms with E-state index >= 15 is 0 Å². The molecule has 124 valence electrons. The maximum atomic E-state index is 12.6. The SMILES string of the molecule is CCOC(=O)CCCS(=O)(=O)N(c1ccc(C)cc1)C(C)C. The van der Waals surface area contributed by atoms with Gasteiger partial charge in [0.25, 0.3) is 0 Å². The van der Waals surface area contributed by atoms with Crippen molar-refractivity contribution < 1.29 is 17.9 Å². The summed E-state index contributed by atoms with van der Waals surface area (Å²) in [5.74, 6) is -0.429. The van der Waals surface area contributed by atoms with Crippen LogP contribution in [-0.4, -0.2) is 32.8 Å². The number of anilines is 1. The van der Waals surface area contributed by atoms with Gasteiger partial charge >= 0.3 is 5.97 Å². The first-order valence-corrected chi connectivity index (χ1v) is 9.13. The van der Waals surface area contributed by atoms with Gasteiger partial charge in [-0.25, -0.2) is 8.42 Å². The fraction of sp³-hybridized carbons (Fsp3) is 0.562. The summed E-state index contributed by atoms with van der Waals surface area (Å²) >= 11 is 0. The molecule has 22 heavy (non-hydrogen) atoms. The van der Waals surface area contributed by atoms with Crippen molar-refractivity contribution in [2.45, 2.75) is 46.6 Å². The predicted octanol–water partition coefficient (Wildman–Crippen LogP) is 2.88. The summed E-state index contributed by atoms with van der Waals surface area (Å²) in [6.45, 7) is 7.67. The average molecular weight is 327 g/mol. The average Bonchev–Trinajstić information content (AvgIpc) is 2.40. The Morgan fingerprint density at radius 2 is 1.82 bits per heavy atom. The van der Waals surface area contributed by atoms with Crippen LogP contribution in [0.4, 0.5) is 5.69 Å². The first-order valence-electron chi connectivity index (χ1n) is 7.52. The molecular weight excluding hydrogens is 302 g/mol. The van der Waals surface area contributed by atoms with Gasteiger partial charge in [0, 0.05) is 12.5 Å². The highest BCUT2D eigenvalue weighted by atomic mass is 32.2. The quantitative estimate of drug-likeness (QED) is 0.689. The van der Waals surface area contributed by atoms with Gasteiger partial charge in [-0.3, -0.25) is 9.10 Å². The lowest BCUT2D eigenvalue weighted by atomic mass is 10.2. The van der Waals surface area contributed by atoms with Gasteiger partial charge in [-0.15, -0.1) is 0 Å². The van der Waals surface area contributed by atoms with Crippen LogP contribution in [-0.2, 0) is 19.6 Å². The van der Waals surface area contributed by atoms with Crippen LogP contribution < -0.4 is 4.31 Å². The van der Waals surface area contributed by atoms with Crippen molar-refractivity contribution in [1.29, 1.82) is 0 Å². The van der Waals surface area contributed by atoms with Crippen molar-refractivity contribution in [3.63, 3.8) is 0 Å². The topological polar surface area (TPSA) is 63.7 Å². The van der Waals surface area contributed by atoms with E-state index in [9.17, 15) is 13.2 Å². The van der Waals surface area contributed by atoms with Crippen molar-refractivity contribution in [2.24, 2.45) is 0 Å². The van der Waals surface area contributed by atoms with E-state index in [0.29, 0.717) is 12.3 Å². The number of aryl methyl sites for hydroxylation is 1. The molecule has 0 aliphatic rings. The number of esters is 1. The second-order valence-electron chi connectivity index (χ2n) is 5.45. The molecule has 6 heteroatoms. The molecule has 1 rings (SSSR count). The smallest absolute Gasteiger partial charge is 0.305 e. The molecule has 0 unspecified atom stereocenters. The van der Waals surface area contributed by atoms with Crippen molar-refractivity contribution in [2.75, 3.05) is 16.7 Å². The lowest BCUT2D eigenvalue weighted by molar-refractivity contribution is -0.143. The second kappa shape index (κ2) is 8.17. The van der Waals surface area contributed by atoms with Crippen molar-refractivity contribution in [3.05, 3.63) is 29.8 Å². The molecule has 0 aliphatic heterocycles. The Morgan fingerprint density at radius 3 is 2.32 bits per heavy atom. The third kappa shape index (κ3) is 5.33. The van der Waals surface area contributed by atoms with Crippen molar-refractivity contribution in [1.82, 2.24) is 0 Å². The largest absolute Gasteiger partial charge is 0.466 e. The minimum Gasteiger partial charge on any atom is -0.466 e. The van der Waals surface area contributed by atoms with E-state index in [2.05, 4.69) is 0 Å². The highest BCUT2D eigenvalue weighted by Crippen LogP contribution is 2.22. The van der Waals surface area contributed by atoms with E-state index in [1.165, 1.54) is 4.31 Å². The van der Waals surface area contributed by atoms with Crippen LogP contribution in [0.5, 0.6) is 0 Å². The van der Waals surface area contributed by atoms with Gasteiger partial charge in [-0.2, -0.15) is 0 Å². The summed E-state index contributed by atoms with van der Waals surface area (Å²) in [5.41, 5.74) is 1.73. The first-order chi connectivity index (χ1) is 10.3. The van der Waals surface area contributed by atoms with Crippen LogP contribution in [0.3, 0.4) is 0 Å². The molecule has 0 fully saturated rings. The van der Waals surface area contributed by atoms with Crippen LogP contribution >= 0.6 is 0 Å². The van der Waals surface area contributed by atoms with Gasteiger partial charge in [0.1, 0.15) is 0 Å². The number of hydrogen-bond acceptors (Lipinski definition) is 4. The zero-order valence-electron chi connectivity index (χ0n) is 13.7. The minimum absolute atomic E-state index is 0.0716. The number of carbonyl (C=O) groups is 1. The van der Waals surface area contributed by atoms with Crippen LogP contribution in [0.25, 0.3) is 0 Å². The Hall–Kier alpha value is -1.56. The van der Waals surface area contributed by atoms with E-state index < -0.39 is 10.0 Å². The Balaban J connectivity index is 2.81. The number of benzene rings is 1. The molecule has 0 atom stereocenters. The molecule has 1 aromatic rings. The van der Waals surface area contributed by atoms with Gasteiger partial charge in [-0.05, 0) is 46.2 Å². The molecule has 0 saturated heterocycles. The van der Waals surface area contributed by atoms with Crippen LogP contribution in [0, 0.1) is 6.92 Å². The molecule has 0 bridgehead atoms. The van der Waals surface area contributed by atoms with E-state index in [4.69, 9.17) is 4.74 Å². The van der Waals surface area contributed by atoms with Crippen LogP contribution in [0.15, 0.2) is 24.3 Å². The standard InChI is InChI=1S/C16H25NO4S/c1-5-21-16(18)7-6-12-22(19,20)17(13(2)3)15-10-8-14(4)9-11-15/h8-11,13H,5-7,12H2,1-4H3. The number of sulfonamides is 1. The molecule has 0 N–H and O–H groups in total. The molecule has 0 aliphatic carbocycles. The van der Waals surface area contributed by atoms with E-state index in [1.54, 1.807) is 19.1 Å². The van der Waals surface area contributed by atoms with Gasteiger partial charge < -0.3 is 4.74 Å². The molecule has 1 aromatic carbocycles. The maximum absolute atomic E-state index is 12.6. The molecule has 0 heterocycles. The highest BCUT2D eigenvalue weighted by Gasteiger charge is 2.25. The number of carbonyl (C=O) groups excluding carboxylic acids is 1. The van der Waals surface area contributed by atoms with Gasteiger partial charge in [0.2, 0.25) is 10.0 Å². The fourth-order valence-corrected chi connectivity index (χ4v) is 3.99. The lowest BCUT2D eigenvalue weighted by Gasteiger charge is -2.28. The fourth-order valence-electron chi connectivity index (χ4n) is 2.20. The number of nitrogens with zero attached hydrogens (tertiary/aromatic N) is 1. The van der Waals surface area contributed by atoms with Crippen molar-refractivity contribution >= 4 is 21.7 Å². The van der Waals surface area contributed by atoms with E-state index in [0.717, 1.165) is 5.56 Å². The van der Waals surface area contributed by atoms with Crippen LogP contribution in [0.2, 0.25) is 0 Å². The zero-order valence-corrected chi connectivity index (χ0v) is 14.5. The summed E-state index contributed by atoms with van der Waals surface area (Å²) in [6, 6.07) is 7.20. The number of rotatable bonds is 8. The van der Waals surface area contributed by atoms with Crippen molar-refractivity contribution in [3.8, 4) is 0 Å². The summed E-state index contributed by atoms with van der Waals surface area (Å²) in [6.07, 6.45) is 0.378. The molecule has 0 saturated carbocycles. The van der Waals surface area contributed by atoms with Gasteiger partial charge in [0.05, 0.1) is 18.0 Å². The second-order valence-corrected chi connectivity index (χ2v) is 7.42. The predicted molar refractivity (Wildman–Crippen MR) is 88.4 cm³/mol. The Kier molecular flexibility index (Phi) is 6.87. The Labute approximate surface area is 133 Å². The summed E-state index contributed by atoms with van der Waals surface area (Å²) in [7, 11) is -3.47.